The zero-order valence-corrected chi connectivity index (χ0v) is 13.1. The smallest absolute Gasteiger partial charge is 0.223 e. The summed E-state index contributed by atoms with van der Waals surface area (Å²) in [5.74, 6) is 1.77. The van der Waals surface area contributed by atoms with Crippen LogP contribution in [0.25, 0.3) is 10.2 Å². The highest BCUT2D eigenvalue weighted by molar-refractivity contribution is 7.16. The van der Waals surface area contributed by atoms with Crippen molar-refractivity contribution >= 4 is 33.3 Å². The molecule has 5 nitrogen and oxygen atoms in total. The molecule has 2 aromatic heterocycles. The van der Waals surface area contributed by atoms with Crippen molar-refractivity contribution in [1.82, 2.24) is 9.97 Å². The lowest BCUT2D eigenvalue weighted by Gasteiger charge is -2.36. The number of rotatable bonds is 4. The van der Waals surface area contributed by atoms with Crippen molar-refractivity contribution in [3.05, 3.63) is 11.4 Å². The van der Waals surface area contributed by atoms with E-state index in [0.29, 0.717) is 6.54 Å². The molecule has 1 aliphatic rings. The highest BCUT2D eigenvalue weighted by atomic mass is 32.1. The van der Waals surface area contributed by atoms with Gasteiger partial charge in [-0.05, 0) is 43.0 Å². The van der Waals surface area contributed by atoms with Crippen LogP contribution in [0.1, 0.15) is 39.0 Å². The zero-order valence-electron chi connectivity index (χ0n) is 12.3. The Hall–Kier alpha value is -1.40. The number of hydrogen-bond acceptors (Lipinski definition) is 6. The quantitative estimate of drug-likeness (QED) is 0.808. The molecule has 0 unspecified atom stereocenters. The second kappa shape index (κ2) is 5.77. The Labute approximate surface area is 128 Å². The molecule has 0 radical (unpaired) electrons. The first-order chi connectivity index (χ1) is 10.1. The predicted molar refractivity (Wildman–Crippen MR) is 87.5 cm³/mol. The third-order valence-corrected chi connectivity index (χ3v) is 5.35. The Balaban J connectivity index is 1.70. The van der Waals surface area contributed by atoms with E-state index in [4.69, 9.17) is 5.73 Å². The van der Waals surface area contributed by atoms with Crippen LogP contribution >= 0.6 is 11.3 Å². The van der Waals surface area contributed by atoms with Crippen LogP contribution in [-0.4, -0.2) is 27.2 Å². The van der Waals surface area contributed by atoms with Gasteiger partial charge >= 0.3 is 0 Å². The number of hydrogen-bond donors (Lipinski definition) is 3. The maximum atomic E-state index is 10.7. The van der Waals surface area contributed by atoms with Gasteiger partial charge in [0.25, 0.3) is 0 Å². The topological polar surface area (TPSA) is 84.1 Å². The maximum Gasteiger partial charge on any atom is 0.223 e. The fraction of sp³-hybridized carbons (Fsp3) is 0.600. The van der Waals surface area contributed by atoms with Crippen molar-refractivity contribution in [2.24, 2.45) is 5.92 Å². The normalized spacial score (nSPS) is 26.1. The number of anilines is 2. The molecule has 0 amide bonds. The van der Waals surface area contributed by atoms with Gasteiger partial charge in [0.15, 0.2) is 0 Å². The highest BCUT2D eigenvalue weighted by Gasteiger charge is 2.32. The summed E-state index contributed by atoms with van der Waals surface area (Å²) in [6.45, 7) is 2.75. The predicted octanol–water partition coefficient (Wildman–Crippen LogP) is 3.02. The van der Waals surface area contributed by atoms with Gasteiger partial charge in [-0.2, -0.15) is 4.98 Å². The van der Waals surface area contributed by atoms with Crippen molar-refractivity contribution in [1.29, 1.82) is 0 Å². The number of fused-ring (bicyclic) bond motifs is 1. The lowest BCUT2D eigenvalue weighted by Crippen LogP contribution is -2.40. The first-order valence-electron chi connectivity index (χ1n) is 7.56. The molecule has 6 heteroatoms. The summed E-state index contributed by atoms with van der Waals surface area (Å²) in [7, 11) is 0. The summed E-state index contributed by atoms with van der Waals surface area (Å²) in [6, 6.07) is 1.99. The summed E-state index contributed by atoms with van der Waals surface area (Å²) >= 11 is 1.55. The summed E-state index contributed by atoms with van der Waals surface area (Å²) < 4.78 is 0. The average Bonchev–Trinajstić information content (AvgIpc) is 2.94. The fourth-order valence-corrected chi connectivity index (χ4v) is 3.83. The molecule has 2 heterocycles. The number of nitrogen functional groups attached to an aromatic ring is 1. The molecule has 0 bridgehead atoms. The summed E-state index contributed by atoms with van der Waals surface area (Å²) in [4.78, 5) is 9.36. The zero-order chi connectivity index (χ0) is 14.9. The van der Waals surface area contributed by atoms with Crippen LogP contribution in [-0.2, 0) is 0 Å². The van der Waals surface area contributed by atoms with Gasteiger partial charge in [0.1, 0.15) is 10.6 Å². The van der Waals surface area contributed by atoms with E-state index in [1.54, 1.807) is 11.3 Å². The van der Waals surface area contributed by atoms with Gasteiger partial charge in [-0.15, -0.1) is 11.3 Å². The van der Waals surface area contributed by atoms with E-state index in [1.807, 2.05) is 11.4 Å². The van der Waals surface area contributed by atoms with Gasteiger partial charge in [-0.1, -0.05) is 13.3 Å². The largest absolute Gasteiger partial charge is 0.388 e. The van der Waals surface area contributed by atoms with Crippen LogP contribution < -0.4 is 11.1 Å². The number of nitrogens with two attached hydrogens (primary N) is 1. The first-order valence-corrected chi connectivity index (χ1v) is 8.44. The monoisotopic (exact) mass is 306 g/mol. The average molecular weight is 306 g/mol. The Kier molecular flexibility index (Phi) is 3.99. The minimum Gasteiger partial charge on any atom is -0.388 e. The standard InChI is InChI=1S/C15H22N4OS/c1-2-10-3-6-15(20,7-4-10)9-17-12-11-5-8-21-13(11)19-14(16)18-12/h5,8,10,20H,2-4,6-7,9H2,1H3,(H3,16,17,18,19). The van der Waals surface area contributed by atoms with Crippen molar-refractivity contribution in [3.8, 4) is 0 Å². The Bertz CT molecular complexity index is 619. The Morgan fingerprint density at radius 3 is 2.90 bits per heavy atom. The maximum absolute atomic E-state index is 10.7. The van der Waals surface area contributed by atoms with Crippen LogP contribution in [0.3, 0.4) is 0 Å². The SMILES string of the molecule is CCC1CCC(O)(CNc2nc(N)nc3sccc23)CC1. The molecule has 1 aliphatic carbocycles. The van der Waals surface area contributed by atoms with E-state index >= 15 is 0 Å². The molecule has 0 saturated heterocycles. The van der Waals surface area contributed by atoms with Gasteiger partial charge in [-0.25, -0.2) is 4.98 Å². The number of thiophene rings is 1. The van der Waals surface area contributed by atoms with E-state index in [1.165, 1.54) is 6.42 Å². The van der Waals surface area contributed by atoms with Gasteiger partial charge in [0.2, 0.25) is 5.95 Å². The van der Waals surface area contributed by atoms with E-state index in [0.717, 1.165) is 47.6 Å². The lowest BCUT2D eigenvalue weighted by molar-refractivity contribution is 0.00225. The van der Waals surface area contributed by atoms with Crippen LogP contribution in [0.5, 0.6) is 0 Å². The molecule has 0 aromatic carbocycles. The van der Waals surface area contributed by atoms with Crippen molar-refractivity contribution in [2.45, 2.75) is 44.6 Å². The molecule has 2 aromatic rings. The van der Waals surface area contributed by atoms with Crippen LogP contribution in [0.4, 0.5) is 11.8 Å². The second-order valence-electron chi connectivity index (χ2n) is 6.00. The van der Waals surface area contributed by atoms with Gasteiger partial charge in [-0.3, -0.25) is 0 Å². The molecule has 114 valence electrons. The van der Waals surface area contributed by atoms with Crippen LogP contribution in [0, 0.1) is 5.92 Å². The number of nitrogens with zero attached hydrogens (tertiary/aromatic N) is 2. The first kappa shape index (κ1) is 14.5. The molecule has 0 atom stereocenters. The van der Waals surface area contributed by atoms with Gasteiger partial charge in [0, 0.05) is 6.54 Å². The fourth-order valence-electron chi connectivity index (χ4n) is 3.05. The minimum atomic E-state index is -0.631. The van der Waals surface area contributed by atoms with Crippen molar-refractivity contribution in [2.75, 3.05) is 17.6 Å². The van der Waals surface area contributed by atoms with Gasteiger partial charge < -0.3 is 16.2 Å². The third-order valence-electron chi connectivity index (χ3n) is 4.54. The molecule has 0 aliphatic heterocycles. The number of nitrogens with one attached hydrogen (secondary N) is 1. The molecule has 4 N–H and O–H groups in total. The minimum absolute atomic E-state index is 0.272. The van der Waals surface area contributed by atoms with Gasteiger partial charge in [0.05, 0.1) is 11.0 Å². The molecule has 1 saturated carbocycles. The summed E-state index contributed by atoms with van der Waals surface area (Å²) in [5, 5.41) is 16.9. The van der Waals surface area contributed by atoms with Crippen molar-refractivity contribution in [3.63, 3.8) is 0 Å². The Morgan fingerprint density at radius 2 is 2.19 bits per heavy atom. The molecular weight excluding hydrogens is 284 g/mol. The second-order valence-corrected chi connectivity index (χ2v) is 6.89. The number of aromatic nitrogens is 2. The number of aliphatic hydroxyl groups is 1. The molecule has 21 heavy (non-hydrogen) atoms. The van der Waals surface area contributed by atoms with Crippen LogP contribution in [0.15, 0.2) is 11.4 Å². The molecule has 0 spiro atoms. The third kappa shape index (κ3) is 3.11. The molecular formula is C15H22N4OS. The lowest BCUT2D eigenvalue weighted by atomic mass is 9.78. The molecule has 3 rings (SSSR count). The summed E-state index contributed by atoms with van der Waals surface area (Å²) in [5.41, 5.74) is 5.11. The van der Waals surface area contributed by atoms with E-state index < -0.39 is 5.60 Å². The Morgan fingerprint density at radius 1 is 1.43 bits per heavy atom. The summed E-state index contributed by atoms with van der Waals surface area (Å²) in [6.07, 6.45) is 5.13. The van der Waals surface area contributed by atoms with Crippen LogP contribution in [0.2, 0.25) is 0 Å². The van der Waals surface area contributed by atoms with E-state index in [9.17, 15) is 5.11 Å². The van der Waals surface area contributed by atoms with E-state index in [-0.39, 0.29) is 5.95 Å². The van der Waals surface area contributed by atoms with Crippen molar-refractivity contribution < 1.29 is 5.11 Å². The highest BCUT2D eigenvalue weighted by Crippen LogP contribution is 2.34. The van der Waals surface area contributed by atoms with E-state index in [2.05, 4.69) is 22.2 Å². The molecule has 1 fully saturated rings.